The zero-order chi connectivity index (χ0) is 23.6. The lowest BCUT2D eigenvalue weighted by Crippen LogP contribution is -2.59. The van der Waals surface area contributed by atoms with E-state index in [2.05, 4.69) is 26.9 Å². The second-order valence-corrected chi connectivity index (χ2v) is 8.59. The molecule has 33 heavy (non-hydrogen) atoms. The van der Waals surface area contributed by atoms with Crippen LogP contribution in [0.25, 0.3) is 0 Å². The van der Waals surface area contributed by atoms with Crippen molar-refractivity contribution in [2.45, 2.75) is 51.2 Å². The summed E-state index contributed by atoms with van der Waals surface area (Å²) in [7, 11) is 0. The molecule has 11 heteroatoms. The van der Waals surface area contributed by atoms with E-state index in [0.29, 0.717) is 30.4 Å². The first kappa shape index (κ1) is 23.3. The molecule has 2 unspecified atom stereocenters. The third kappa shape index (κ3) is 4.92. The van der Waals surface area contributed by atoms with Gasteiger partial charge in [0, 0.05) is 32.4 Å². The molecule has 1 aromatic heterocycles. The number of pyridine rings is 1. The quantitative estimate of drug-likeness (QED) is 0.497. The Kier molecular flexibility index (Phi) is 6.78. The van der Waals surface area contributed by atoms with Gasteiger partial charge in [-0.25, -0.2) is 9.98 Å². The van der Waals surface area contributed by atoms with E-state index in [1.165, 1.54) is 6.20 Å². The van der Waals surface area contributed by atoms with Gasteiger partial charge in [-0.15, -0.1) is 0 Å². The molecule has 8 nitrogen and oxygen atoms in total. The number of hydrogen-bond acceptors (Lipinski definition) is 8. The molecule has 180 valence electrons. The summed E-state index contributed by atoms with van der Waals surface area (Å²) in [6, 6.07) is 3.70. The van der Waals surface area contributed by atoms with Crippen molar-refractivity contribution in [3.05, 3.63) is 24.2 Å². The molecule has 3 aliphatic heterocycles. The van der Waals surface area contributed by atoms with Crippen LogP contribution in [0.5, 0.6) is 0 Å². The number of anilines is 3. The summed E-state index contributed by atoms with van der Waals surface area (Å²) < 4.78 is 40.0. The van der Waals surface area contributed by atoms with Crippen LogP contribution in [0.1, 0.15) is 32.6 Å². The third-order valence-electron chi connectivity index (χ3n) is 6.45. The summed E-state index contributed by atoms with van der Waals surface area (Å²) in [4.78, 5) is 18.4. The molecule has 3 aliphatic rings. The van der Waals surface area contributed by atoms with Crippen LogP contribution in [0.15, 0.2) is 34.1 Å². The summed E-state index contributed by atoms with van der Waals surface area (Å²) in [5, 5.41) is 14.1. The number of halogens is 3. The number of nitrogens with one attached hydrogen (secondary N) is 1. The second kappa shape index (κ2) is 9.58. The van der Waals surface area contributed by atoms with Crippen molar-refractivity contribution in [2.24, 2.45) is 15.9 Å². The van der Waals surface area contributed by atoms with Crippen LogP contribution in [0.3, 0.4) is 0 Å². The van der Waals surface area contributed by atoms with Gasteiger partial charge in [-0.05, 0) is 51.5 Å². The van der Waals surface area contributed by atoms with Crippen LogP contribution in [0.2, 0.25) is 0 Å². The molecule has 2 bridgehead atoms. The summed E-state index contributed by atoms with van der Waals surface area (Å²) in [5.41, 5.74) is 0.867. The van der Waals surface area contributed by atoms with Gasteiger partial charge in [0.2, 0.25) is 6.35 Å². The number of alkyl halides is 3. The average molecular weight is 466 g/mol. The molecule has 0 saturated carbocycles. The maximum atomic E-state index is 13.3. The molecular weight excluding hydrogens is 435 g/mol. The second-order valence-electron chi connectivity index (χ2n) is 8.59. The number of piperidine rings is 2. The maximum Gasteiger partial charge on any atom is 0.393 e. The van der Waals surface area contributed by atoms with E-state index >= 15 is 0 Å². The van der Waals surface area contributed by atoms with E-state index in [0.717, 1.165) is 31.6 Å². The largest absolute Gasteiger partial charge is 0.393 e. The van der Waals surface area contributed by atoms with E-state index in [4.69, 9.17) is 4.98 Å². The minimum absolute atomic E-state index is 0.00401. The molecule has 2 fully saturated rings. The van der Waals surface area contributed by atoms with Crippen molar-refractivity contribution in [3.63, 3.8) is 0 Å². The first-order valence-electron chi connectivity index (χ1n) is 11.3. The Morgan fingerprint density at radius 3 is 2.73 bits per heavy atom. The number of aliphatic imine (C=N–C) groups is 2. The summed E-state index contributed by atoms with van der Waals surface area (Å²) >= 11 is 0. The Hall–Kier alpha value is -2.82. The lowest BCUT2D eigenvalue weighted by Gasteiger charge is -2.49. The van der Waals surface area contributed by atoms with Gasteiger partial charge in [-0.3, -0.25) is 4.99 Å². The van der Waals surface area contributed by atoms with Crippen LogP contribution < -0.4 is 20.0 Å². The predicted octanol–water partition coefficient (Wildman–Crippen LogP) is 3.10. The molecule has 4 rings (SSSR count). The fourth-order valence-corrected chi connectivity index (χ4v) is 4.92. The first-order chi connectivity index (χ1) is 15.8. The van der Waals surface area contributed by atoms with Gasteiger partial charge in [0.15, 0.2) is 5.82 Å². The highest BCUT2D eigenvalue weighted by atomic mass is 19.4. The molecule has 0 spiro atoms. The predicted molar refractivity (Wildman–Crippen MR) is 124 cm³/mol. The number of aliphatic hydroxyl groups excluding tert-OH is 1. The van der Waals surface area contributed by atoms with Crippen LogP contribution in [-0.4, -0.2) is 67.8 Å². The normalized spacial score (nSPS) is 24.6. The Morgan fingerprint density at radius 1 is 1.24 bits per heavy atom. The molecule has 1 aromatic rings. The van der Waals surface area contributed by atoms with Gasteiger partial charge in [0.25, 0.3) is 0 Å². The Balaban J connectivity index is 1.66. The average Bonchev–Trinajstić information content (AvgIpc) is 2.79. The van der Waals surface area contributed by atoms with E-state index < -0.39 is 18.4 Å². The number of aromatic nitrogens is 1. The van der Waals surface area contributed by atoms with Crippen molar-refractivity contribution in [1.29, 1.82) is 0 Å². The minimum Gasteiger partial charge on any atom is -0.366 e. The number of rotatable bonds is 6. The van der Waals surface area contributed by atoms with Crippen molar-refractivity contribution in [2.75, 3.05) is 40.9 Å². The van der Waals surface area contributed by atoms with Crippen molar-refractivity contribution in [1.82, 2.24) is 10.3 Å². The number of nitrogens with zero attached hydrogens (tertiary/aromatic N) is 6. The van der Waals surface area contributed by atoms with Gasteiger partial charge in [0.05, 0.1) is 23.8 Å². The highest BCUT2D eigenvalue weighted by Gasteiger charge is 2.43. The molecule has 2 N–H and O–H groups in total. The Bertz CT molecular complexity index is 920. The van der Waals surface area contributed by atoms with E-state index in [9.17, 15) is 18.3 Å². The van der Waals surface area contributed by atoms with Crippen molar-refractivity contribution >= 4 is 30.3 Å². The molecule has 2 saturated heterocycles. The van der Waals surface area contributed by atoms with Gasteiger partial charge >= 0.3 is 6.18 Å². The topological polar surface area (TPSA) is 79.6 Å². The monoisotopic (exact) mass is 465 g/mol. The van der Waals surface area contributed by atoms with Gasteiger partial charge in [0.1, 0.15) is 11.6 Å². The molecular formula is C22H30F3N7O. The number of aliphatic hydroxyl groups is 1. The molecule has 0 aliphatic carbocycles. The van der Waals surface area contributed by atoms with Crippen molar-refractivity contribution in [3.8, 4) is 0 Å². The van der Waals surface area contributed by atoms with Gasteiger partial charge in [-0.1, -0.05) is 0 Å². The zero-order valence-corrected chi connectivity index (χ0v) is 18.7. The number of hydrogen-bond donors (Lipinski definition) is 2. The smallest absolute Gasteiger partial charge is 0.366 e. The van der Waals surface area contributed by atoms with Crippen LogP contribution >= 0.6 is 0 Å². The summed E-state index contributed by atoms with van der Waals surface area (Å²) in [5.74, 6) is 0.0433. The summed E-state index contributed by atoms with van der Waals surface area (Å²) in [6.07, 6.45) is 0.0719. The van der Waals surface area contributed by atoms with Gasteiger partial charge < -0.3 is 25.1 Å². The fourth-order valence-electron chi connectivity index (χ4n) is 4.92. The number of fused-ring (bicyclic) bond motifs is 4. The molecule has 0 amide bonds. The summed E-state index contributed by atoms with van der Waals surface area (Å²) in [6.45, 7) is 7.23. The zero-order valence-electron chi connectivity index (χ0n) is 18.7. The molecule has 3 atom stereocenters. The molecule has 4 heterocycles. The SMILES string of the molecule is C=N/C=C(\N=C/C)NC(O)N1c2nc(N3CCCC(C(F)(F)F)C3)ccc2N2CCC[C@H]1C2. The Labute approximate surface area is 191 Å². The van der Waals surface area contributed by atoms with E-state index in [-0.39, 0.29) is 19.0 Å². The fraction of sp³-hybridized carbons (Fsp3) is 0.591. The maximum absolute atomic E-state index is 13.3. The highest BCUT2D eigenvalue weighted by Crippen LogP contribution is 2.41. The lowest BCUT2D eigenvalue weighted by molar-refractivity contribution is -0.176. The first-order valence-corrected chi connectivity index (χ1v) is 11.3. The molecule has 0 radical (unpaired) electrons. The highest BCUT2D eigenvalue weighted by molar-refractivity contribution is 5.73. The van der Waals surface area contributed by atoms with Crippen LogP contribution in [0.4, 0.5) is 30.5 Å². The standard InChI is InChI=1S/C22H30F3N7O/c1-3-27-18(12-26-2)28-21(33)32-16-7-5-10-30(14-16)17-8-9-19(29-20(17)32)31-11-4-6-15(13-31)22(23,24)25/h3,8-9,12,15-16,21,28,33H,2,4-7,10-11,13-14H2,1H3/b18-12+,27-3-/t15?,16-,21?/m0/s1. The lowest BCUT2D eigenvalue weighted by atomic mass is 9.97. The molecule has 0 aromatic carbocycles. The van der Waals surface area contributed by atoms with Crippen LogP contribution in [0, 0.1) is 5.92 Å². The minimum atomic E-state index is -4.22. The van der Waals surface area contributed by atoms with Crippen LogP contribution in [-0.2, 0) is 0 Å². The van der Waals surface area contributed by atoms with E-state index in [1.54, 1.807) is 24.1 Å². The van der Waals surface area contributed by atoms with Crippen molar-refractivity contribution < 1.29 is 18.3 Å². The Morgan fingerprint density at radius 2 is 2.00 bits per heavy atom. The van der Waals surface area contributed by atoms with E-state index in [1.807, 2.05) is 11.0 Å². The van der Waals surface area contributed by atoms with Gasteiger partial charge in [-0.2, -0.15) is 13.2 Å². The third-order valence-corrected chi connectivity index (χ3v) is 6.45.